The summed E-state index contributed by atoms with van der Waals surface area (Å²) in [7, 11) is 7.73. The molecule has 0 aromatic carbocycles. The summed E-state index contributed by atoms with van der Waals surface area (Å²) in [6.07, 6.45) is 3.83. The first-order valence-electron chi connectivity index (χ1n) is 6.09. The molecule has 0 aliphatic carbocycles. The Bertz CT molecular complexity index is 137. The maximum absolute atomic E-state index is 5.79. The van der Waals surface area contributed by atoms with Crippen LogP contribution in [0, 0.1) is 5.92 Å². The lowest BCUT2D eigenvalue weighted by Gasteiger charge is -2.20. The van der Waals surface area contributed by atoms with Crippen LogP contribution in [0.3, 0.4) is 0 Å². The highest BCUT2D eigenvalue weighted by molar-refractivity contribution is 6.04. The van der Waals surface area contributed by atoms with Gasteiger partial charge in [0.15, 0.2) is 7.98 Å². The smallest absolute Gasteiger partial charge is 0.184 e. The third-order valence-corrected chi connectivity index (χ3v) is 2.67. The summed E-state index contributed by atoms with van der Waals surface area (Å²) < 4.78 is 0. The summed E-state index contributed by atoms with van der Waals surface area (Å²) in [5, 5.41) is 6.48. The molecule has 2 radical (unpaired) electrons. The summed E-state index contributed by atoms with van der Waals surface area (Å²) >= 11 is 0. The van der Waals surface area contributed by atoms with Crippen molar-refractivity contribution in [3.8, 4) is 0 Å². The average Bonchev–Trinajstić information content (AvgIpc) is 2.25. The molecule has 0 saturated heterocycles. The Labute approximate surface area is 178 Å². The fraction of sp³-hybridized carbons (Fsp3) is 1.00. The van der Waals surface area contributed by atoms with Gasteiger partial charge in [0, 0.05) is 13.2 Å². The van der Waals surface area contributed by atoms with Crippen molar-refractivity contribution in [2.75, 3.05) is 33.4 Å². The van der Waals surface area contributed by atoms with Crippen LogP contribution in [0.1, 0.15) is 115 Å². The van der Waals surface area contributed by atoms with Gasteiger partial charge < -0.3 is 15.4 Å². The summed E-state index contributed by atoms with van der Waals surface area (Å²) in [4.78, 5) is 1.81. The molecule has 0 aromatic heterocycles. The molecule has 1 atom stereocenters. The first-order chi connectivity index (χ1) is 7.24. The second-order valence-electron chi connectivity index (χ2n) is 4.09. The van der Waals surface area contributed by atoms with Crippen LogP contribution in [0.2, 0.25) is 0 Å². The summed E-state index contributed by atoms with van der Waals surface area (Å²) in [6.45, 7) is 8.17. The van der Waals surface area contributed by atoms with E-state index in [0.29, 0.717) is 0 Å². The number of likely N-dealkylation sites (N-methyl/N-ethyl adjacent to an activating group) is 1. The number of nitrogens with one attached hydrogen (secondary N) is 2. The lowest BCUT2D eigenvalue weighted by molar-refractivity contribution is 0.362. The molecule has 0 amide bonds. The molecule has 2 N–H and O–H groups in total. The Balaban J connectivity index is -0.0000000178. The third kappa shape index (κ3) is 56.4. The molecule has 0 heterocycles. The molecule has 1 unspecified atom stereocenters. The molecule has 0 aliphatic rings. The molecule has 4 heteroatoms. The molecule has 176 valence electrons. The maximum atomic E-state index is 5.79. The fourth-order valence-corrected chi connectivity index (χ4v) is 1.61. The molecule has 26 heavy (non-hydrogen) atoms. The Kier molecular flexibility index (Phi) is 204. The van der Waals surface area contributed by atoms with Crippen molar-refractivity contribution >= 4 is 7.98 Å². The molecule has 0 aromatic rings. The van der Waals surface area contributed by atoms with E-state index in [1.54, 1.807) is 0 Å². The number of rotatable bonds is 10. The lowest BCUT2D eigenvalue weighted by atomic mass is 10.0. The van der Waals surface area contributed by atoms with Crippen molar-refractivity contribution in [2.45, 2.75) is 115 Å². The number of hydrogen-bond acceptors (Lipinski definition) is 3. The van der Waals surface area contributed by atoms with Gasteiger partial charge in [0.25, 0.3) is 0 Å². The normalized spacial score (nSPS) is 7.69. The van der Waals surface area contributed by atoms with E-state index < -0.39 is 0 Å². The van der Waals surface area contributed by atoms with Gasteiger partial charge in [-0.1, -0.05) is 108 Å². The monoisotopic (exact) mass is 388 g/mol. The van der Waals surface area contributed by atoms with Crippen molar-refractivity contribution in [1.29, 1.82) is 0 Å². The average molecular weight is 388 g/mol. The van der Waals surface area contributed by atoms with Gasteiger partial charge in [-0.25, -0.2) is 0 Å². The first-order valence-corrected chi connectivity index (χ1v) is 6.09. The van der Waals surface area contributed by atoms with E-state index in [-0.39, 0.29) is 81.7 Å². The van der Waals surface area contributed by atoms with Gasteiger partial charge in [-0.15, -0.1) is 0 Å². The van der Waals surface area contributed by atoms with Crippen LogP contribution in [-0.4, -0.2) is 46.1 Å². The van der Waals surface area contributed by atoms with E-state index in [0.717, 1.165) is 32.2 Å². The highest BCUT2D eigenvalue weighted by Gasteiger charge is 2.04. The van der Waals surface area contributed by atoms with Gasteiger partial charge in [0.1, 0.15) is 0 Å². The van der Waals surface area contributed by atoms with Gasteiger partial charge in [-0.05, 0) is 32.5 Å². The van der Waals surface area contributed by atoms with Crippen LogP contribution in [-0.2, 0) is 0 Å². The Hall–Kier alpha value is -0.0551. The molecule has 3 nitrogen and oxygen atoms in total. The van der Waals surface area contributed by atoms with Crippen LogP contribution in [0.4, 0.5) is 0 Å². The van der Waals surface area contributed by atoms with E-state index >= 15 is 0 Å². The van der Waals surface area contributed by atoms with E-state index in [1.807, 2.05) is 11.9 Å². The van der Waals surface area contributed by atoms with Crippen molar-refractivity contribution < 1.29 is 0 Å². The van der Waals surface area contributed by atoms with Crippen LogP contribution < -0.4 is 10.6 Å². The number of nitrogens with zero attached hydrogens (tertiary/aromatic N) is 1. The molecular formula is C22H70BN3. The molecular weight excluding hydrogens is 317 g/mol. The predicted molar refractivity (Wildman–Crippen MR) is 142 cm³/mol. The van der Waals surface area contributed by atoms with Gasteiger partial charge in [-0.2, -0.15) is 0 Å². The zero-order chi connectivity index (χ0) is 11.5. The Morgan fingerprint density at radius 2 is 1.23 bits per heavy atom. The second-order valence-corrected chi connectivity index (χ2v) is 4.09. The van der Waals surface area contributed by atoms with Crippen molar-refractivity contribution in [3.63, 3.8) is 0 Å². The minimum absolute atomic E-state index is 0. The first kappa shape index (κ1) is 83.0. The SMILES string of the molecule is C.C.C.C.C.C.C.C.C.C.C.[B]N(CCNC)CNCC(CC)CCC. The molecule has 0 bridgehead atoms. The highest BCUT2D eigenvalue weighted by atomic mass is 15.2. The zero-order valence-corrected chi connectivity index (χ0v) is 10.6. The second kappa shape index (κ2) is 64.0. The topological polar surface area (TPSA) is 27.3 Å². The van der Waals surface area contributed by atoms with E-state index in [1.165, 1.54) is 19.3 Å². The van der Waals surface area contributed by atoms with E-state index in [2.05, 4.69) is 24.5 Å². The molecule has 0 rings (SSSR count). The van der Waals surface area contributed by atoms with Crippen LogP contribution in [0.5, 0.6) is 0 Å². The van der Waals surface area contributed by atoms with Gasteiger partial charge >= 0.3 is 0 Å². The quantitative estimate of drug-likeness (QED) is 0.294. The molecule has 0 aliphatic heterocycles. The summed E-state index contributed by atoms with van der Waals surface area (Å²) in [5.74, 6) is 0.799. The predicted octanol–water partition coefficient (Wildman–Crippen LogP) is 7.96. The Morgan fingerprint density at radius 3 is 1.54 bits per heavy atom. The highest BCUT2D eigenvalue weighted by Crippen LogP contribution is 2.08. The molecule has 0 fully saturated rings. The van der Waals surface area contributed by atoms with Crippen LogP contribution in [0.25, 0.3) is 0 Å². The summed E-state index contributed by atoms with van der Waals surface area (Å²) in [5.41, 5.74) is 0. The third-order valence-electron chi connectivity index (χ3n) is 2.67. The lowest BCUT2D eigenvalue weighted by Crippen LogP contribution is -2.38. The van der Waals surface area contributed by atoms with Crippen LogP contribution in [0.15, 0.2) is 0 Å². The Morgan fingerprint density at radius 1 is 0.808 bits per heavy atom. The van der Waals surface area contributed by atoms with Crippen LogP contribution >= 0.6 is 0 Å². The zero-order valence-electron chi connectivity index (χ0n) is 10.6. The van der Waals surface area contributed by atoms with Gasteiger partial charge in [0.2, 0.25) is 0 Å². The minimum atomic E-state index is 0. The van der Waals surface area contributed by atoms with E-state index in [4.69, 9.17) is 7.98 Å². The van der Waals surface area contributed by atoms with Crippen molar-refractivity contribution in [3.05, 3.63) is 0 Å². The largest absolute Gasteiger partial charge is 0.341 e. The summed E-state index contributed by atoms with van der Waals surface area (Å²) in [6, 6.07) is 0. The minimum Gasteiger partial charge on any atom is -0.341 e. The standard InChI is InChI=1S/C11H26BN3.11CH4/c1-4-6-11(5-2)9-14-10-15(12)8-7-13-3;;;;;;;;;;;/h11,13-14H,4-10H2,1-3H3;11*1H4. The van der Waals surface area contributed by atoms with Gasteiger partial charge in [-0.3, -0.25) is 0 Å². The van der Waals surface area contributed by atoms with Gasteiger partial charge in [0.05, 0.1) is 0 Å². The fourth-order valence-electron chi connectivity index (χ4n) is 1.61. The van der Waals surface area contributed by atoms with Crippen molar-refractivity contribution in [1.82, 2.24) is 15.4 Å². The molecule has 0 spiro atoms. The van der Waals surface area contributed by atoms with Crippen molar-refractivity contribution in [2.24, 2.45) is 5.92 Å². The van der Waals surface area contributed by atoms with E-state index in [9.17, 15) is 0 Å². The molecule has 0 saturated carbocycles. The number of hydrogen-bond donors (Lipinski definition) is 2. The maximum Gasteiger partial charge on any atom is 0.184 e.